The van der Waals surface area contributed by atoms with Gasteiger partial charge in [0.25, 0.3) is 5.91 Å². The highest BCUT2D eigenvalue weighted by Crippen LogP contribution is 2.27. The molecule has 1 aliphatic rings. The van der Waals surface area contributed by atoms with Gasteiger partial charge in [0.1, 0.15) is 5.75 Å². The van der Waals surface area contributed by atoms with Crippen LogP contribution in [0.25, 0.3) is 0 Å². The normalized spacial score (nSPS) is 14.8. The van der Waals surface area contributed by atoms with E-state index in [2.05, 4.69) is 10.2 Å². The van der Waals surface area contributed by atoms with E-state index in [4.69, 9.17) is 4.74 Å². The molecule has 32 heavy (non-hydrogen) atoms. The molecule has 8 nitrogen and oxygen atoms in total. The molecule has 0 bridgehead atoms. The number of nitrogens with one attached hydrogen (secondary N) is 1. The van der Waals surface area contributed by atoms with Crippen molar-refractivity contribution < 1.29 is 22.7 Å². The van der Waals surface area contributed by atoms with Crippen molar-refractivity contribution in [3.05, 3.63) is 53.6 Å². The average molecular weight is 460 g/mol. The van der Waals surface area contributed by atoms with E-state index < -0.39 is 15.7 Å². The summed E-state index contributed by atoms with van der Waals surface area (Å²) in [7, 11) is -0.0947. The lowest BCUT2D eigenvalue weighted by atomic mass is 10.1. The molecule has 1 fully saturated rings. The highest BCUT2D eigenvalue weighted by molar-refractivity contribution is 7.91. The first-order valence-corrected chi connectivity index (χ1v) is 12.1. The van der Waals surface area contributed by atoms with Crippen molar-refractivity contribution in [1.82, 2.24) is 9.80 Å². The van der Waals surface area contributed by atoms with Crippen molar-refractivity contribution in [2.24, 2.45) is 0 Å². The fourth-order valence-electron chi connectivity index (χ4n) is 3.43. The lowest BCUT2D eigenvalue weighted by Gasteiger charge is -2.32. The second kappa shape index (κ2) is 10.1. The SMILES string of the molecule is COc1ccc(C(=O)N2CCN(C)CC2)cc1NC(=O)CCS(=O)(=O)c1ccc(C)cc1. The Labute approximate surface area is 189 Å². The lowest BCUT2D eigenvalue weighted by Crippen LogP contribution is -2.47. The van der Waals surface area contributed by atoms with E-state index >= 15 is 0 Å². The number of amides is 2. The highest BCUT2D eigenvalue weighted by Gasteiger charge is 2.22. The number of ether oxygens (including phenoxy) is 1. The highest BCUT2D eigenvalue weighted by atomic mass is 32.2. The monoisotopic (exact) mass is 459 g/mol. The van der Waals surface area contributed by atoms with Crippen LogP contribution in [0.3, 0.4) is 0 Å². The number of rotatable bonds is 7. The molecule has 0 aromatic heterocycles. The molecule has 1 N–H and O–H groups in total. The first-order chi connectivity index (χ1) is 15.2. The molecule has 0 unspecified atom stereocenters. The summed E-state index contributed by atoms with van der Waals surface area (Å²) in [6, 6.07) is 11.4. The molecule has 0 spiro atoms. The predicted octanol–water partition coefficient (Wildman–Crippen LogP) is 2.19. The van der Waals surface area contributed by atoms with E-state index in [9.17, 15) is 18.0 Å². The van der Waals surface area contributed by atoms with Crippen LogP contribution in [-0.2, 0) is 14.6 Å². The number of nitrogens with zero attached hydrogens (tertiary/aromatic N) is 2. The minimum Gasteiger partial charge on any atom is -0.495 e. The van der Waals surface area contributed by atoms with Gasteiger partial charge in [-0.25, -0.2) is 8.42 Å². The maximum atomic E-state index is 12.9. The predicted molar refractivity (Wildman–Crippen MR) is 123 cm³/mol. The Bertz CT molecular complexity index is 1080. The van der Waals surface area contributed by atoms with Crippen LogP contribution in [0.5, 0.6) is 5.75 Å². The largest absolute Gasteiger partial charge is 0.495 e. The van der Waals surface area contributed by atoms with Crippen molar-refractivity contribution in [3.8, 4) is 5.75 Å². The van der Waals surface area contributed by atoms with Crippen molar-refractivity contribution in [2.45, 2.75) is 18.2 Å². The molecule has 1 aliphatic heterocycles. The van der Waals surface area contributed by atoms with Gasteiger partial charge in [0.05, 0.1) is 23.4 Å². The van der Waals surface area contributed by atoms with Crippen LogP contribution in [-0.4, -0.2) is 76.1 Å². The third-order valence-corrected chi connectivity index (χ3v) is 7.22. The molecule has 1 heterocycles. The molecule has 3 rings (SSSR count). The van der Waals surface area contributed by atoms with Gasteiger partial charge in [-0.1, -0.05) is 17.7 Å². The van der Waals surface area contributed by atoms with Gasteiger partial charge in [-0.05, 0) is 44.3 Å². The Morgan fingerprint density at radius 1 is 1.03 bits per heavy atom. The summed E-state index contributed by atoms with van der Waals surface area (Å²) in [5.41, 5.74) is 1.74. The summed E-state index contributed by atoms with van der Waals surface area (Å²) in [5.74, 6) is -0.500. The van der Waals surface area contributed by atoms with Gasteiger partial charge in [-0.2, -0.15) is 0 Å². The van der Waals surface area contributed by atoms with Crippen LogP contribution < -0.4 is 10.1 Å². The van der Waals surface area contributed by atoms with Crippen LogP contribution in [0.4, 0.5) is 5.69 Å². The van der Waals surface area contributed by atoms with E-state index in [1.165, 1.54) is 7.11 Å². The second-order valence-electron chi connectivity index (χ2n) is 7.94. The second-order valence-corrected chi connectivity index (χ2v) is 10.0. The average Bonchev–Trinajstić information content (AvgIpc) is 2.78. The molecule has 2 aromatic rings. The summed E-state index contributed by atoms with van der Waals surface area (Å²) in [6.07, 6.45) is -0.212. The van der Waals surface area contributed by atoms with Gasteiger partial charge in [0, 0.05) is 38.2 Å². The standard InChI is InChI=1S/C23H29N3O5S/c1-17-4-7-19(8-5-17)32(29,30)15-10-22(27)24-20-16-18(6-9-21(20)31-3)23(28)26-13-11-25(2)12-14-26/h4-9,16H,10-15H2,1-3H3,(H,24,27). The van der Waals surface area contributed by atoms with Gasteiger partial charge in [0.2, 0.25) is 5.91 Å². The Morgan fingerprint density at radius 3 is 2.31 bits per heavy atom. The van der Waals surface area contributed by atoms with Gasteiger partial charge in [-0.3, -0.25) is 9.59 Å². The van der Waals surface area contributed by atoms with Gasteiger partial charge >= 0.3 is 0 Å². The topological polar surface area (TPSA) is 96.0 Å². The number of carbonyl (C=O) groups excluding carboxylic acids is 2. The number of carbonyl (C=O) groups is 2. The molecular formula is C23H29N3O5S. The third kappa shape index (κ3) is 5.86. The number of benzene rings is 2. The number of aryl methyl sites for hydroxylation is 1. The molecular weight excluding hydrogens is 430 g/mol. The number of likely N-dealkylation sites (N-methyl/N-ethyl adjacent to an activating group) is 1. The van der Waals surface area contributed by atoms with Gasteiger partial charge in [0.15, 0.2) is 9.84 Å². The summed E-state index contributed by atoms with van der Waals surface area (Å²) < 4.78 is 30.3. The first-order valence-electron chi connectivity index (χ1n) is 10.4. The molecule has 172 valence electrons. The Balaban J connectivity index is 1.67. The zero-order chi connectivity index (χ0) is 23.3. The molecule has 0 aliphatic carbocycles. The van der Waals surface area contributed by atoms with Crippen molar-refractivity contribution >= 4 is 27.3 Å². The number of hydrogen-bond acceptors (Lipinski definition) is 6. The number of sulfone groups is 1. The van der Waals surface area contributed by atoms with E-state index in [0.29, 0.717) is 30.1 Å². The minimum absolute atomic E-state index is 0.113. The van der Waals surface area contributed by atoms with E-state index in [0.717, 1.165) is 18.7 Å². The molecule has 0 saturated carbocycles. The van der Waals surface area contributed by atoms with E-state index in [1.54, 1.807) is 47.4 Å². The molecule has 2 amide bonds. The summed E-state index contributed by atoms with van der Waals surface area (Å²) in [6.45, 7) is 4.77. The number of hydrogen-bond donors (Lipinski definition) is 1. The smallest absolute Gasteiger partial charge is 0.254 e. The van der Waals surface area contributed by atoms with Crippen LogP contribution in [0.1, 0.15) is 22.3 Å². The maximum absolute atomic E-state index is 12.9. The minimum atomic E-state index is -3.58. The molecule has 0 radical (unpaired) electrons. The zero-order valence-electron chi connectivity index (χ0n) is 18.6. The molecule has 9 heteroatoms. The summed E-state index contributed by atoms with van der Waals surface area (Å²) in [5, 5.41) is 2.69. The lowest BCUT2D eigenvalue weighted by molar-refractivity contribution is -0.115. The summed E-state index contributed by atoms with van der Waals surface area (Å²) in [4.78, 5) is 29.5. The molecule has 2 aromatic carbocycles. The fourth-order valence-corrected chi connectivity index (χ4v) is 4.67. The molecule has 0 atom stereocenters. The van der Waals surface area contributed by atoms with Gasteiger partial charge in [-0.15, -0.1) is 0 Å². The van der Waals surface area contributed by atoms with Gasteiger partial charge < -0.3 is 19.9 Å². The zero-order valence-corrected chi connectivity index (χ0v) is 19.4. The van der Waals surface area contributed by atoms with Crippen LogP contribution in [0, 0.1) is 6.92 Å². The summed E-state index contributed by atoms with van der Waals surface area (Å²) >= 11 is 0. The Morgan fingerprint density at radius 2 is 1.69 bits per heavy atom. The first kappa shape index (κ1) is 23.7. The molecule has 1 saturated heterocycles. The van der Waals surface area contributed by atoms with Crippen LogP contribution in [0.2, 0.25) is 0 Å². The maximum Gasteiger partial charge on any atom is 0.254 e. The fraction of sp³-hybridized carbons (Fsp3) is 0.391. The van der Waals surface area contributed by atoms with Crippen molar-refractivity contribution in [3.63, 3.8) is 0 Å². The Hall–Kier alpha value is -2.91. The number of piperazine rings is 1. The van der Waals surface area contributed by atoms with Crippen molar-refractivity contribution in [1.29, 1.82) is 0 Å². The van der Waals surface area contributed by atoms with E-state index in [-0.39, 0.29) is 23.0 Å². The quantitative estimate of drug-likeness (QED) is 0.682. The van der Waals surface area contributed by atoms with E-state index in [1.807, 2.05) is 14.0 Å². The number of anilines is 1. The third-order valence-electron chi connectivity index (χ3n) is 5.49. The van der Waals surface area contributed by atoms with Crippen molar-refractivity contribution in [2.75, 3.05) is 51.4 Å². The Kier molecular flexibility index (Phi) is 7.52. The number of methoxy groups -OCH3 is 1. The van der Waals surface area contributed by atoms with Crippen LogP contribution >= 0.6 is 0 Å². The van der Waals surface area contributed by atoms with Crippen LogP contribution in [0.15, 0.2) is 47.4 Å².